The predicted molar refractivity (Wildman–Crippen MR) is 80.6 cm³/mol. The van der Waals surface area contributed by atoms with Gasteiger partial charge in [-0.3, -0.25) is 4.79 Å². The van der Waals surface area contributed by atoms with Crippen LogP contribution >= 0.6 is 10.7 Å². The van der Waals surface area contributed by atoms with Crippen LogP contribution in [0.2, 0.25) is 0 Å². The fraction of sp³-hybridized carbons (Fsp3) is 0.500. The number of hydrogen-bond donors (Lipinski definition) is 1. The van der Waals surface area contributed by atoms with E-state index in [2.05, 4.69) is 5.32 Å². The van der Waals surface area contributed by atoms with Crippen LogP contribution in [0.3, 0.4) is 0 Å². The topological polar surface area (TPSA) is 63.2 Å². The third-order valence-corrected chi connectivity index (χ3v) is 4.75. The number of benzene rings is 1. The summed E-state index contributed by atoms with van der Waals surface area (Å²) in [6.45, 7) is 7.82. The first-order valence-electron chi connectivity index (χ1n) is 6.51. The lowest BCUT2D eigenvalue weighted by Gasteiger charge is -2.23. The lowest BCUT2D eigenvalue weighted by molar-refractivity contribution is 0.0935. The molecular weight excluding hydrogens is 317 g/mol. The summed E-state index contributed by atoms with van der Waals surface area (Å²) in [5, 5.41) is 2.72. The Bertz CT molecular complexity index is 656. The molecule has 1 rings (SSSR count). The van der Waals surface area contributed by atoms with Crippen molar-refractivity contribution in [2.24, 2.45) is 5.41 Å². The van der Waals surface area contributed by atoms with Crippen LogP contribution in [0.4, 0.5) is 4.39 Å². The highest BCUT2D eigenvalue weighted by molar-refractivity contribution is 8.13. The third kappa shape index (κ3) is 4.68. The summed E-state index contributed by atoms with van der Waals surface area (Å²) >= 11 is 0. The number of carbonyl (C=O) groups excluding carboxylic acids is 1. The summed E-state index contributed by atoms with van der Waals surface area (Å²) in [6, 6.07) is 2.26. The number of halogens is 2. The largest absolute Gasteiger partial charge is 0.352 e. The zero-order chi connectivity index (χ0) is 16.4. The second-order valence-corrected chi connectivity index (χ2v) is 8.28. The molecule has 0 saturated carbocycles. The molecule has 0 radical (unpaired) electrons. The van der Waals surface area contributed by atoms with E-state index in [4.69, 9.17) is 10.7 Å². The van der Waals surface area contributed by atoms with E-state index < -0.39 is 25.7 Å². The molecule has 0 fully saturated rings. The van der Waals surface area contributed by atoms with E-state index in [9.17, 15) is 17.6 Å². The molecule has 4 nitrogen and oxygen atoms in total. The molecule has 0 aliphatic rings. The minimum atomic E-state index is -4.24. The molecule has 0 aliphatic heterocycles. The van der Waals surface area contributed by atoms with Gasteiger partial charge in [-0.05, 0) is 36.5 Å². The van der Waals surface area contributed by atoms with Crippen molar-refractivity contribution in [3.05, 3.63) is 29.1 Å². The van der Waals surface area contributed by atoms with Gasteiger partial charge in [0.25, 0.3) is 15.0 Å². The van der Waals surface area contributed by atoms with E-state index in [1.54, 1.807) is 0 Å². The lowest BCUT2D eigenvalue weighted by atomic mass is 9.90. The van der Waals surface area contributed by atoms with Crippen LogP contribution < -0.4 is 5.32 Å². The Morgan fingerprint density at radius 1 is 1.38 bits per heavy atom. The Morgan fingerprint density at radius 2 is 1.95 bits per heavy atom. The van der Waals surface area contributed by atoms with Crippen LogP contribution in [0.1, 0.15) is 43.1 Å². The molecule has 7 heteroatoms. The Hall–Kier alpha value is -1.14. The number of aryl methyl sites for hydroxylation is 1. The molecule has 0 aliphatic carbocycles. The second kappa shape index (κ2) is 6.32. The molecule has 0 spiro atoms. The maximum atomic E-state index is 13.8. The van der Waals surface area contributed by atoms with Gasteiger partial charge in [0.15, 0.2) is 0 Å². The Balaban J connectivity index is 3.10. The first-order chi connectivity index (χ1) is 9.48. The normalized spacial score (nSPS) is 12.3. The van der Waals surface area contributed by atoms with Gasteiger partial charge in [-0.2, -0.15) is 0 Å². The van der Waals surface area contributed by atoms with E-state index in [0.29, 0.717) is 6.54 Å². The molecule has 0 atom stereocenters. The monoisotopic (exact) mass is 335 g/mol. The number of carbonyl (C=O) groups is 1. The van der Waals surface area contributed by atoms with Crippen molar-refractivity contribution in [3.63, 3.8) is 0 Å². The average molecular weight is 336 g/mol. The van der Waals surface area contributed by atoms with Gasteiger partial charge in [-0.25, -0.2) is 12.8 Å². The predicted octanol–water partition coefficient (Wildman–Crippen LogP) is 3.23. The Morgan fingerprint density at radius 3 is 2.43 bits per heavy atom. The molecule has 21 heavy (non-hydrogen) atoms. The van der Waals surface area contributed by atoms with Crippen LogP contribution in [0.15, 0.2) is 17.0 Å². The second-order valence-electron chi connectivity index (χ2n) is 5.74. The molecule has 1 N–H and O–H groups in total. The van der Waals surface area contributed by atoms with Gasteiger partial charge in [0, 0.05) is 22.8 Å². The number of hydrogen-bond acceptors (Lipinski definition) is 3. The first-order valence-corrected chi connectivity index (χ1v) is 8.82. The molecule has 1 amide bonds. The van der Waals surface area contributed by atoms with Gasteiger partial charge >= 0.3 is 0 Å². The Kier molecular flexibility index (Phi) is 5.39. The minimum absolute atomic E-state index is 0.0524. The van der Waals surface area contributed by atoms with Crippen molar-refractivity contribution in [2.45, 2.75) is 39.0 Å². The highest BCUT2D eigenvalue weighted by Gasteiger charge is 2.22. The maximum Gasteiger partial charge on any atom is 0.264 e. The van der Waals surface area contributed by atoms with Crippen molar-refractivity contribution < 1.29 is 17.6 Å². The van der Waals surface area contributed by atoms with Gasteiger partial charge in [0.1, 0.15) is 10.7 Å². The maximum absolute atomic E-state index is 13.8. The molecule has 0 aromatic heterocycles. The van der Waals surface area contributed by atoms with Crippen molar-refractivity contribution in [2.75, 3.05) is 6.54 Å². The van der Waals surface area contributed by atoms with Crippen LogP contribution in [0, 0.1) is 18.2 Å². The first kappa shape index (κ1) is 17.9. The third-order valence-electron chi connectivity index (χ3n) is 3.43. The minimum Gasteiger partial charge on any atom is -0.352 e. The van der Waals surface area contributed by atoms with E-state index in [1.165, 1.54) is 13.0 Å². The van der Waals surface area contributed by atoms with Gasteiger partial charge < -0.3 is 5.32 Å². The van der Waals surface area contributed by atoms with Crippen molar-refractivity contribution in [1.82, 2.24) is 5.32 Å². The fourth-order valence-electron chi connectivity index (χ4n) is 1.59. The van der Waals surface area contributed by atoms with E-state index in [1.807, 2.05) is 20.8 Å². The zero-order valence-corrected chi connectivity index (χ0v) is 14.0. The summed E-state index contributed by atoms with van der Waals surface area (Å²) in [5.74, 6) is -1.39. The van der Waals surface area contributed by atoms with Crippen LogP contribution in [-0.2, 0) is 9.05 Å². The smallest absolute Gasteiger partial charge is 0.264 e. The standard InChI is InChI=1S/C14H19ClFNO3S/c1-5-14(3,4)8-17-13(18)10-6-9(2)12(16)11(7-10)21(15,19)20/h6-7H,5,8H2,1-4H3,(H,17,18). The van der Waals surface area contributed by atoms with Crippen molar-refractivity contribution in [1.29, 1.82) is 0 Å². The summed E-state index contributed by atoms with van der Waals surface area (Å²) in [4.78, 5) is 11.4. The molecule has 0 heterocycles. The summed E-state index contributed by atoms with van der Waals surface area (Å²) in [6.07, 6.45) is 0.872. The van der Waals surface area contributed by atoms with Crippen LogP contribution in [0.25, 0.3) is 0 Å². The van der Waals surface area contributed by atoms with Gasteiger partial charge in [0.2, 0.25) is 0 Å². The molecule has 1 aromatic rings. The quantitative estimate of drug-likeness (QED) is 0.840. The summed E-state index contributed by atoms with van der Waals surface area (Å²) < 4.78 is 36.5. The van der Waals surface area contributed by atoms with Gasteiger partial charge in [-0.15, -0.1) is 0 Å². The average Bonchev–Trinajstić information content (AvgIpc) is 2.37. The lowest BCUT2D eigenvalue weighted by Crippen LogP contribution is -2.33. The molecule has 0 saturated heterocycles. The summed E-state index contributed by atoms with van der Waals surface area (Å²) in [5.41, 5.74) is 0.0446. The fourth-order valence-corrected chi connectivity index (χ4v) is 2.57. The van der Waals surface area contributed by atoms with Crippen LogP contribution in [-0.4, -0.2) is 20.9 Å². The molecule has 1 aromatic carbocycles. The molecular formula is C14H19ClFNO3S. The summed E-state index contributed by atoms with van der Waals surface area (Å²) in [7, 11) is 0.942. The van der Waals surface area contributed by atoms with Gasteiger partial charge in [-0.1, -0.05) is 20.8 Å². The SMILES string of the molecule is CCC(C)(C)CNC(=O)c1cc(C)c(F)c(S(=O)(=O)Cl)c1. The number of nitrogens with one attached hydrogen (secondary N) is 1. The Labute approximate surface area is 129 Å². The number of amides is 1. The highest BCUT2D eigenvalue weighted by atomic mass is 35.7. The molecule has 0 bridgehead atoms. The van der Waals surface area contributed by atoms with Crippen molar-refractivity contribution >= 4 is 25.6 Å². The van der Waals surface area contributed by atoms with Crippen LogP contribution in [0.5, 0.6) is 0 Å². The molecule has 118 valence electrons. The molecule has 0 unspecified atom stereocenters. The zero-order valence-electron chi connectivity index (χ0n) is 12.5. The van der Waals surface area contributed by atoms with Crippen molar-refractivity contribution in [3.8, 4) is 0 Å². The van der Waals surface area contributed by atoms with Gasteiger partial charge in [0.05, 0.1) is 0 Å². The number of rotatable bonds is 5. The van der Waals surface area contributed by atoms with E-state index >= 15 is 0 Å². The highest BCUT2D eigenvalue weighted by Crippen LogP contribution is 2.24. The van der Waals surface area contributed by atoms with E-state index in [-0.39, 0.29) is 16.5 Å². The van der Waals surface area contributed by atoms with E-state index in [0.717, 1.165) is 12.5 Å².